The van der Waals surface area contributed by atoms with Crippen molar-refractivity contribution in [3.8, 4) is 0 Å². The van der Waals surface area contributed by atoms with Crippen LogP contribution in [0.1, 0.15) is 52.0 Å². The van der Waals surface area contributed by atoms with Crippen LogP contribution < -0.4 is 4.90 Å². The normalized spacial score (nSPS) is 16.3. The van der Waals surface area contributed by atoms with Crippen molar-refractivity contribution in [1.29, 1.82) is 0 Å². The molecular weight excluding hydrogens is 418 g/mol. The maximum Gasteiger partial charge on any atom is 0.268 e. The minimum atomic E-state index is -3.67. The zero-order chi connectivity index (χ0) is 23.0. The molecule has 6 heteroatoms. The summed E-state index contributed by atoms with van der Waals surface area (Å²) < 4.78 is 28.4. The van der Waals surface area contributed by atoms with E-state index in [0.29, 0.717) is 22.9 Å². The van der Waals surface area contributed by atoms with Crippen molar-refractivity contribution in [2.24, 2.45) is 0 Å². The summed E-state index contributed by atoms with van der Waals surface area (Å²) in [5.74, 6) is 0.364. The Labute approximate surface area is 192 Å². The van der Waals surface area contributed by atoms with Crippen LogP contribution in [-0.4, -0.2) is 49.5 Å². The van der Waals surface area contributed by atoms with Crippen molar-refractivity contribution < 1.29 is 8.42 Å². The third kappa shape index (κ3) is 4.18. The molecule has 0 aliphatic carbocycles. The summed E-state index contributed by atoms with van der Waals surface area (Å²) in [5.41, 5.74) is 2.99. The van der Waals surface area contributed by atoms with Gasteiger partial charge in [0.25, 0.3) is 10.0 Å². The predicted molar refractivity (Wildman–Crippen MR) is 133 cm³/mol. The highest BCUT2D eigenvalue weighted by molar-refractivity contribution is 7.90. The highest BCUT2D eigenvalue weighted by Crippen LogP contribution is 2.34. The Kier molecular flexibility index (Phi) is 6.37. The third-order valence-corrected chi connectivity index (χ3v) is 8.40. The molecule has 1 saturated heterocycles. The van der Waals surface area contributed by atoms with Crippen LogP contribution in [0.4, 0.5) is 5.69 Å². The number of nitrogens with zero attached hydrogens (tertiary/aromatic N) is 3. The number of likely N-dealkylation sites (tertiary alicyclic amines) is 1. The minimum Gasteiger partial charge on any atom is -0.365 e. The maximum absolute atomic E-state index is 13.5. The van der Waals surface area contributed by atoms with Crippen molar-refractivity contribution in [2.45, 2.75) is 63.4 Å². The Balaban J connectivity index is 1.75. The van der Waals surface area contributed by atoms with E-state index in [0.717, 1.165) is 48.1 Å². The molecule has 32 heavy (non-hydrogen) atoms. The van der Waals surface area contributed by atoms with Crippen molar-refractivity contribution in [1.82, 2.24) is 8.87 Å². The fourth-order valence-corrected chi connectivity index (χ4v) is 6.22. The number of fused-ring (bicyclic) bond motifs is 1. The number of anilines is 1. The summed E-state index contributed by atoms with van der Waals surface area (Å²) in [4.78, 5) is 5.19. The van der Waals surface area contributed by atoms with Crippen LogP contribution in [0.3, 0.4) is 0 Å². The molecule has 2 heterocycles. The molecule has 172 valence electrons. The van der Waals surface area contributed by atoms with Gasteiger partial charge in [-0.15, -0.1) is 0 Å². The number of hydrogen-bond acceptors (Lipinski definition) is 4. The number of hydrogen-bond donors (Lipinski definition) is 0. The lowest BCUT2D eigenvalue weighted by Gasteiger charge is -2.41. The van der Waals surface area contributed by atoms with Gasteiger partial charge in [0.15, 0.2) is 0 Å². The monoisotopic (exact) mass is 453 g/mol. The minimum absolute atomic E-state index is 0.320. The molecule has 4 rings (SSSR count). The fourth-order valence-electron chi connectivity index (χ4n) is 4.87. The van der Waals surface area contributed by atoms with Crippen LogP contribution in [0.25, 0.3) is 10.9 Å². The molecule has 2 aromatic carbocycles. The van der Waals surface area contributed by atoms with Gasteiger partial charge in [-0.2, -0.15) is 0 Å². The highest BCUT2D eigenvalue weighted by Gasteiger charge is 2.28. The maximum atomic E-state index is 13.5. The Morgan fingerprint density at radius 1 is 0.938 bits per heavy atom. The van der Waals surface area contributed by atoms with Gasteiger partial charge < -0.3 is 9.80 Å². The SMILES string of the molecule is CC(C)c1ccc(S(=O)(=O)n2ccc3c(N(C(C)C)C4CCN(C)CC4)cccc32)cc1. The van der Waals surface area contributed by atoms with E-state index in [1.54, 1.807) is 18.3 Å². The summed E-state index contributed by atoms with van der Waals surface area (Å²) in [6.07, 6.45) is 3.94. The fraction of sp³-hybridized carbons (Fsp3) is 0.462. The van der Waals surface area contributed by atoms with Gasteiger partial charge in [-0.25, -0.2) is 12.4 Å². The van der Waals surface area contributed by atoms with Gasteiger partial charge in [0.2, 0.25) is 0 Å². The topological polar surface area (TPSA) is 45.6 Å². The van der Waals surface area contributed by atoms with Crippen LogP contribution in [0.2, 0.25) is 0 Å². The van der Waals surface area contributed by atoms with Crippen LogP contribution in [0, 0.1) is 0 Å². The average Bonchev–Trinajstić information content (AvgIpc) is 3.21. The molecule has 3 aromatic rings. The zero-order valence-corrected chi connectivity index (χ0v) is 20.6. The molecule has 1 fully saturated rings. The van der Waals surface area contributed by atoms with E-state index in [-0.39, 0.29) is 0 Å². The van der Waals surface area contributed by atoms with Crippen LogP contribution >= 0.6 is 0 Å². The smallest absolute Gasteiger partial charge is 0.268 e. The largest absolute Gasteiger partial charge is 0.365 e. The van der Waals surface area contributed by atoms with Crippen molar-refractivity contribution in [2.75, 3.05) is 25.0 Å². The molecule has 0 bridgehead atoms. The molecule has 0 spiro atoms. The summed E-state index contributed by atoms with van der Waals surface area (Å²) in [6.45, 7) is 10.8. The lowest BCUT2D eigenvalue weighted by molar-refractivity contribution is 0.246. The van der Waals surface area contributed by atoms with E-state index in [4.69, 9.17) is 0 Å². The molecule has 0 saturated carbocycles. The second-order valence-corrected chi connectivity index (χ2v) is 11.4. The van der Waals surface area contributed by atoms with E-state index in [9.17, 15) is 8.42 Å². The summed E-state index contributed by atoms with van der Waals surface area (Å²) in [6, 6.07) is 16.0. The summed E-state index contributed by atoms with van der Waals surface area (Å²) >= 11 is 0. The van der Waals surface area contributed by atoms with Crippen LogP contribution in [0.5, 0.6) is 0 Å². The lowest BCUT2D eigenvalue weighted by atomic mass is 10.00. The highest BCUT2D eigenvalue weighted by atomic mass is 32.2. The van der Waals surface area contributed by atoms with E-state index < -0.39 is 10.0 Å². The molecule has 1 aliphatic heterocycles. The molecule has 1 aliphatic rings. The van der Waals surface area contributed by atoms with E-state index in [1.165, 1.54) is 3.97 Å². The van der Waals surface area contributed by atoms with E-state index in [2.05, 4.69) is 50.6 Å². The van der Waals surface area contributed by atoms with Gasteiger partial charge in [0.05, 0.1) is 10.4 Å². The molecule has 0 unspecified atom stereocenters. The Morgan fingerprint density at radius 2 is 1.59 bits per heavy atom. The summed E-state index contributed by atoms with van der Waals surface area (Å²) in [7, 11) is -1.49. The van der Waals surface area contributed by atoms with Gasteiger partial charge >= 0.3 is 0 Å². The Bertz CT molecular complexity index is 1170. The van der Waals surface area contributed by atoms with Gasteiger partial charge in [-0.1, -0.05) is 32.0 Å². The van der Waals surface area contributed by atoms with E-state index in [1.807, 2.05) is 30.3 Å². The van der Waals surface area contributed by atoms with Crippen LogP contribution in [-0.2, 0) is 10.0 Å². The Morgan fingerprint density at radius 3 is 2.19 bits per heavy atom. The van der Waals surface area contributed by atoms with Crippen molar-refractivity contribution in [3.05, 3.63) is 60.3 Å². The van der Waals surface area contributed by atoms with E-state index >= 15 is 0 Å². The molecule has 0 N–H and O–H groups in total. The Hall–Kier alpha value is -2.31. The number of piperidine rings is 1. The van der Waals surface area contributed by atoms with Gasteiger partial charge in [-0.05, 0) is 88.6 Å². The molecule has 5 nitrogen and oxygen atoms in total. The number of aromatic nitrogens is 1. The molecule has 0 atom stereocenters. The lowest BCUT2D eigenvalue weighted by Crippen LogP contribution is -2.47. The first-order valence-electron chi connectivity index (χ1n) is 11.6. The van der Waals surface area contributed by atoms with Gasteiger partial charge in [0, 0.05) is 29.4 Å². The molecule has 0 radical (unpaired) electrons. The standard InChI is InChI=1S/C26H35N3O2S/c1-19(2)21-9-11-23(12-10-21)32(30,31)28-18-15-24-25(28)7-6-8-26(24)29(20(3)4)22-13-16-27(5)17-14-22/h6-12,15,18-20,22H,13-14,16-17H2,1-5H3. The van der Waals surface area contributed by atoms with Crippen molar-refractivity contribution in [3.63, 3.8) is 0 Å². The molecule has 1 aromatic heterocycles. The predicted octanol–water partition coefficient (Wildman–Crippen LogP) is 5.31. The first-order valence-corrected chi connectivity index (χ1v) is 13.1. The van der Waals surface area contributed by atoms with Crippen molar-refractivity contribution >= 4 is 26.6 Å². The summed E-state index contributed by atoms with van der Waals surface area (Å²) in [5, 5.41) is 0.988. The van der Waals surface area contributed by atoms with Crippen LogP contribution in [0.15, 0.2) is 59.6 Å². The quantitative estimate of drug-likeness (QED) is 0.507. The van der Waals surface area contributed by atoms with Gasteiger partial charge in [-0.3, -0.25) is 0 Å². The second-order valence-electron chi connectivity index (χ2n) is 9.59. The second kappa shape index (κ2) is 8.91. The molecular formula is C26H35N3O2S. The zero-order valence-electron chi connectivity index (χ0n) is 19.8. The number of rotatable bonds is 6. The average molecular weight is 454 g/mol. The molecule has 0 amide bonds. The third-order valence-electron chi connectivity index (χ3n) is 6.69. The first-order chi connectivity index (χ1) is 15.2. The number of benzene rings is 2. The first kappa shape index (κ1) is 22.9. The van der Waals surface area contributed by atoms with Gasteiger partial charge in [0.1, 0.15) is 0 Å².